The summed E-state index contributed by atoms with van der Waals surface area (Å²) in [6, 6.07) is 11.9. The summed E-state index contributed by atoms with van der Waals surface area (Å²) >= 11 is 0. The van der Waals surface area contributed by atoms with Gasteiger partial charge in [-0.05, 0) is 73.7 Å². The van der Waals surface area contributed by atoms with Gasteiger partial charge in [-0.25, -0.2) is 13.5 Å². The van der Waals surface area contributed by atoms with Gasteiger partial charge in [0.05, 0.1) is 35.7 Å². The Bertz CT molecular complexity index is 1080. The zero-order valence-corrected chi connectivity index (χ0v) is 18.6. The fourth-order valence-electron chi connectivity index (χ4n) is 3.88. The van der Waals surface area contributed by atoms with Crippen molar-refractivity contribution in [2.45, 2.75) is 57.7 Å². The van der Waals surface area contributed by atoms with Gasteiger partial charge >= 0.3 is 5.97 Å². The Hall–Kier alpha value is -3.10. The molecule has 1 aromatic heterocycles. The molecule has 0 unspecified atom stereocenters. The summed E-state index contributed by atoms with van der Waals surface area (Å²) in [4.78, 5) is 10.8. The zero-order chi connectivity index (χ0) is 24.1. The summed E-state index contributed by atoms with van der Waals surface area (Å²) in [6.07, 6.45) is -1.85. The molecule has 176 valence electrons. The van der Waals surface area contributed by atoms with Gasteiger partial charge in [-0.1, -0.05) is 13.8 Å². The number of halogens is 2. The second-order valence-electron chi connectivity index (χ2n) is 8.44. The van der Waals surface area contributed by atoms with Gasteiger partial charge in [0.2, 0.25) is 0 Å². The lowest BCUT2D eigenvalue weighted by molar-refractivity contribution is -0.139. The molecule has 3 aromatic rings. The van der Waals surface area contributed by atoms with E-state index in [9.17, 15) is 23.8 Å². The predicted molar refractivity (Wildman–Crippen MR) is 120 cm³/mol. The highest BCUT2D eigenvalue weighted by Gasteiger charge is 2.24. The first-order valence-corrected chi connectivity index (χ1v) is 10.9. The SMILES string of the molecule is CC(C)c1nn(-c2ccc(F)cc2)c(-c2ccc(F)cc2)c1CC[C@@H](O)C[C@@H](O)CC(=O)O. The fraction of sp³-hybridized carbons (Fsp3) is 0.360. The molecule has 0 radical (unpaired) electrons. The van der Waals surface area contributed by atoms with Crippen LogP contribution < -0.4 is 0 Å². The van der Waals surface area contributed by atoms with Crippen LogP contribution in [0.15, 0.2) is 48.5 Å². The number of benzene rings is 2. The van der Waals surface area contributed by atoms with Crippen molar-refractivity contribution in [2.75, 3.05) is 0 Å². The van der Waals surface area contributed by atoms with Crippen LogP contribution in [-0.2, 0) is 11.2 Å². The minimum atomic E-state index is -1.14. The normalized spacial score (nSPS) is 13.3. The smallest absolute Gasteiger partial charge is 0.305 e. The van der Waals surface area contributed by atoms with Gasteiger partial charge < -0.3 is 15.3 Å². The minimum absolute atomic E-state index is 0.0376. The summed E-state index contributed by atoms with van der Waals surface area (Å²) in [5.74, 6) is -1.84. The number of aliphatic hydroxyl groups is 2. The highest BCUT2D eigenvalue weighted by atomic mass is 19.1. The molecule has 2 atom stereocenters. The molecule has 6 nitrogen and oxygen atoms in total. The van der Waals surface area contributed by atoms with E-state index in [0.717, 1.165) is 16.8 Å². The minimum Gasteiger partial charge on any atom is -0.481 e. The van der Waals surface area contributed by atoms with Crippen molar-refractivity contribution in [2.24, 2.45) is 0 Å². The van der Waals surface area contributed by atoms with Gasteiger partial charge in [0.1, 0.15) is 11.6 Å². The van der Waals surface area contributed by atoms with Crippen LogP contribution in [0.3, 0.4) is 0 Å². The zero-order valence-electron chi connectivity index (χ0n) is 18.6. The molecule has 0 spiro atoms. The number of aliphatic hydroxyl groups excluding tert-OH is 2. The van der Waals surface area contributed by atoms with Crippen molar-refractivity contribution in [1.29, 1.82) is 0 Å². The number of hydrogen-bond acceptors (Lipinski definition) is 4. The van der Waals surface area contributed by atoms with Crippen LogP contribution in [0.5, 0.6) is 0 Å². The molecule has 0 fully saturated rings. The average molecular weight is 459 g/mol. The van der Waals surface area contributed by atoms with E-state index in [-0.39, 0.29) is 30.4 Å². The maximum atomic E-state index is 13.6. The molecular weight excluding hydrogens is 430 g/mol. The van der Waals surface area contributed by atoms with Crippen LogP contribution >= 0.6 is 0 Å². The molecule has 33 heavy (non-hydrogen) atoms. The predicted octanol–water partition coefficient (Wildman–Crippen LogP) is 4.46. The van der Waals surface area contributed by atoms with E-state index in [2.05, 4.69) is 0 Å². The fourth-order valence-corrected chi connectivity index (χ4v) is 3.88. The van der Waals surface area contributed by atoms with E-state index in [0.29, 0.717) is 17.8 Å². The summed E-state index contributed by atoms with van der Waals surface area (Å²) in [5, 5.41) is 33.8. The van der Waals surface area contributed by atoms with Crippen molar-refractivity contribution in [3.8, 4) is 16.9 Å². The highest BCUT2D eigenvalue weighted by Crippen LogP contribution is 2.34. The van der Waals surface area contributed by atoms with Crippen LogP contribution in [0.4, 0.5) is 8.78 Å². The third kappa shape index (κ3) is 6.24. The van der Waals surface area contributed by atoms with Crippen molar-refractivity contribution < 1.29 is 28.9 Å². The van der Waals surface area contributed by atoms with Gasteiger partial charge in [0.15, 0.2) is 0 Å². The van der Waals surface area contributed by atoms with E-state index >= 15 is 0 Å². The highest BCUT2D eigenvalue weighted by molar-refractivity contribution is 5.68. The maximum Gasteiger partial charge on any atom is 0.305 e. The molecule has 0 saturated heterocycles. The molecule has 0 saturated carbocycles. The standard InChI is InChI=1S/C25H28F2N2O4/c1-15(2)24-22(12-11-20(30)13-21(31)14-23(32)33)25(16-3-5-17(26)6-4-16)29(28-24)19-9-7-18(27)8-10-19/h3-10,15,20-21,30-31H,11-14H2,1-2H3,(H,32,33)/t20-,21-/m1/s1. The molecule has 0 aliphatic heterocycles. The van der Waals surface area contributed by atoms with Crippen LogP contribution in [0, 0.1) is 11.6 Å². The first kappa shape index (κ1) is 24.5. The number of hydrogen-bond donors (Lipinski definition) is 3. The van der Waals surface area contributed by atoms with Gasteiger partial charge in [-0.2, -0.15) is 5.10 Å². The number of nitrogens with zero attached hydrogens (tertiary/aromatic N) is 2. The molecule has 2 aromatic carbocycles. The molecule has 3 N–H and O–H groups in total. The lowest BCUT2D eigenvalue weighted by Crippen LogP contribution is -2.21. The number of carboxylic acids is 1. The summed E-state index contributed by atoms with van der Waals surface area (Å²) in [5.41, 5.74) is 3.71. The molecule has 8 heteroatoms. The first-order chi connectivity index (χ1) is 15.7. The van der Waals surface area contributed by atoms with Gasteiger partial charge in [-0.15, -0.1) is 0 Å². The number of carboxylic acid groups (broad SMARTS) is 1. The van der Waals surface area contributed by atoms with E-state index in [4.69, 9.17) is 10.2 Å². The van der Waals surface area contributed by atoms with Crippen molar-refractivity contribution in [3.63, 3.8) is 0 Å². The van der Waals surface area contributed by atoms with Crippen LogP contribution in [0.25, 0.3) is 16.9 Å². The Morgan fingerprint density at radius 2 is 1.55 bits per heavy atom. The van der Waals surface area contributed by atoms with E-state index in [1.165, 1.54) is 24.3 Å². The molecule has 0 aliphatic carbocycles. The van der Waals surface area contributed by atoms with Crippen LogP contribution in [0.1, 0.15) is 50.3 Å². The number of aliphatic carboxylic acids is 1. The van der Waals surface area contributed by atoms with E-state index in [1.54, 1.807) is 28.9 Å². The summed E-state index contributed by atoms with van der Waals surface area (Å²) < 4.78 is 28.8. The Kier molecular flexibility index (Phi) is 7.94. The summed E-state index contributed by atoms with van der Waals surface area (Å²) in [6.45, 7) is 3.98. The van der Waals surface area contributed by atoms with Crippen LogP contribution in [0.2, 0.25) is 0 Å². The lowest BCUT2D eigenvalue weighted by atomic mass is 9.94. The van der Waals surface area contributed by atoms with E-state index < -0.39 is 24.6 Å². The Morgan fingerprint density at radius 1 is 0.970 bits per heavy atom. The maximum absolute atomic E-state index is 13.6. The molecule has 0 bridgehead atoms. The Labute approximate surface area is 191 Å². The largest absolute Gasteiger partial charge is 0.481 e. The lowest BCUT2D eigenvalue weighted by Gasteiger charge is -2.16. The van der Waals surface area contributed by atoms with Crippen molar-refractivity contribution >= 4 is 5.97 Å². The topological polar surface area (TPSA) is 95.6 Å². The van der Waals surface area contributed by atoms with Gasteiger partial charge in [0.25, 0.3) is 0 Å². The van der Waals surface area contributed by atoms with E-state index in [1.807, 2.05) is 13.8 Å². The quantitative estimate of drug-likeness (QED) is 0.417. The number of rotatable bonds is 10. The average Bonchev–Trinajstić information content (AvgIpc) is 3.12. The monoisotopic (exact) mass is 458 g/mol. The second kappa shape index (κ2) is 10.7. The Morgan fingerprint density at radius 3 is 2.09 bits per heavy atom. The summed E-state index contributed by atoms with van der Waals surface area (Å²) in [7, 11) is 0. The molecule has 1 heterocycles. The Balaban J connectivity index is 2.01. The van der Waals surface area contributed by atoms with Gasteiger partial charge in [-0.3, -0.25) is 4.79 Å². The second-order valence-corrected chi connectivity index (χ2v) is 8.44. The molecular formula is C25H28F2N2O4. The third-order valence-electron chi connectivity index (χ3n) is 5.43. The van der Waals surface area contributed by atoms with Gasteiger partial charge in [0, 0.05) is 11.1 Å². The number of carbonyl (C=O) groups is 1. The molecule has 0 aliphatic rings. The first-order valence-electron chi connectivity index (χ1n) is 10.9. The third-order valence-corrected chi connectivity index (χ3v) is 5.43. The van der Waals surface area contributed by atoms with Crippen molar-refractivity contribution in [3.05, 3.63) is 71.4 Å². The molecule has 0 amide bonds. The van der Waals surface area contributed by atoms with Crippen molar-refractivity contribution in [1.82, 2.24) is 9.78 Å². The van der Waals surface area contributed by atoms with Crippen LogP contribution in [-0.4, -0.2) is 43.3 Å². The number of aromatic nitrogens is 2. The molecule has 3 rings (SSSR count).